The van der Waals surface area contributed by atoms with E-state index >= 15 is 0 Å². The maximum Gasteiger partial charge on any atom is 0.203 e. The molecule has 1 aliphatic rings. The average molecular weight is 282 g/mol. The summed E-state index contributed by atoms with van der Waals surface area (Å²) in [6.45, 7) is 0.425. The van der Waals surface area contributed by atoms with Gasteiger partial charge in [0.05, 0.1) is 6.10 Å². The predicted molar refractivity (Wildman–Crippen MR) is 60.2 cm³/mol. The largest absolute Gasteiger partial charge is 0.486 e. The van der Waals surface area contributed by atoms with Crippen molar-refractivity contribution in [2.24, 2.45) is 0 Å². The number of hydrogen-bond donors (Lipinski definition) is 0. The van der Waals surface area contributed by atoms with Crippen LogP contribution in [0, 0.1) is 40.1 Å². The van der Waals surface area contributed by atoms with E-state index in [0.29, 0.717) is 13.0 Å². The Labute approximate surface area is 112 Å². The second-order valence-electron chi connectivity index (χ2n) is 4.19. The van der Waals surface area contributed by atoms with Crippen molar-refractivity contribution in [2.75, 3.05) is 13.2 Å². The molecule has 7 heteroatoms. The Morgan fingerprint density at radius 1 is 1.10 bits per heavy atom. The number of halogens is 3. The zero-order valence-electron chi connectivity index (χ0n) is 10.3. The topological polar surface area (TPSA) is 66.0 Å². The van der Waals surface area contributed by atoms with Crippen molar-refractivity contribution in [2.45, 2.75) is 18.9 Å². The quantitative estimate of drug-likeness (QED) is 0.798. The van der Waals surface area contributed by atoms with Gasteiger partial charge < -0.3 is 9.47 Å². The fourth-order valence-corrected chi connectivity index (χ4v) is 1.93. The smallest absolute Gasteiger partial charge is 0.203 e. The third-order valence-corrected chi connectivity index (χ3v) is 2.94. The van der Waals surface area contributed by atoms with Gasteiger partial charge in [-0.2, -0.15) is 14.9 Å². The van der Waals surface area contributed by atoms with E-state index in [1.807, 2.05) is 0 Å². The third-order valence-electron chi connectivity index (χ3n) is 2.94. The molecule has 1 aliphatic heterocycles. The summed E-state index contributed by atoms with van der Waals surface area (Å²) in [4.78, 5) is 0. The van der Waals surface area contributed by atoms with Crippen LogP contribution in [0.2, 0.25) is 0 Å². The molecule has 1 saturated heterocycles. The molecule has 1 heterocycles. The molecule has 1 aromatic carbocycles. The molecular weight excluding hydrogens is 273 g/mol. The van der Waals surface area contributed by atoms with Crippen molar-refractivity contribution in [3.05, 3.63) is 28.6 Å². The highest BCUT2D eigenvalue weighted by molar-refractivity contribution is 5.51. The summed E-state index contributed by atoms with van der Waals surface area (Å²) in [7, 11) is 0. The average Bonchev–Trinajstić information content (AvgIpc) is 2.95. The van der Waals surface area contributed by atoms with Crippen LogP contribution in [0.15, 0.2) is 0 Å². The van der Waals surface area contributed by atoms with Gasteiger partial charge in [-0.3, -0.25) is 0 Å². The lowest BCUT2D eigenvalue weighted by Crippen LogP contribution is -2.18. The summed E-state index contributed by atoms with van der Waals surface area (Å²) >= 11 is 0. The van der Waals surface area contributed by atoms with Crippen molar-refractivity contribution in [3.8, 4) is 17.9 Å². The Balaban J connectivity index is 2.37. The second-order valence-corrected chi connectivity index (χ2v) is 4.19. The molecule has 0 radical (unpaired) electrons. The SMILES string of the molecule is N#Cc1c(F)c(F)c(OCC2CCCO2)c(C#N)c1F. The molecule has 1 aromatic rings. The van der Waals surface area contributed by atoms with Crippen LogP contribution in [0.5, 0.6) is 5.75 Å². The lowest BCUT2D eigenvalue weighted by atomic mass is 10.1. The van der Waals surface area contributed by atoms with Crippen LogP contribution in [0.4, 0.5) is 13.2 Å². The highest BCUT2D eigenvalue weighted by Gasteiger charge is 2.27. The number of ether oxygens (including phenoxy) is 2. The number of benzene rings is 1. The van der Waals surface area contributed by atoms with E-state index in [0.717, 1.165) is 6.42 Å². The Hall–Kier alpha value is -2.25. The van der Waals surface area contributed by atoms with Gasteiger partial charge in [0.2, 0.25) is 5.82 Å². The van der Waals surface area contributed by atoms with Gasteiger partial charge in [0.25, 0.3) is 0 Å². The second kappa shape index (κ2) is 5.81. The van der Waals surface area contributed by atoms with Gasteiger partial charge in [0.1, 0.15) is 29.9 Å². The first-order valence-electron chi connectivity index (χ1n) is 5.85. The molecule has 0 aromatic heterocycles. The summed E-state index contributed by atoms with van der Waals surface area (Å²) in [5.74, 6) is -5.45. The Morgan fingerprint density at radius 3 is 2.35 bits per heavy atom. The molecule has 0 saturated carbocycles. The fourth-order valence-electron chi connectivity index (χ4n) is 1.93. The molecule has 1 unspecified atom stereocenters. The molecule has 20 heavy (non-hydrogen) atoms. The van der Waals surface area contributed by atoms with Gasteiger partial charge in [0, 0.05) is 6.61 Å². The van der Waals surface area contributed by atoms with Gasteiger partial charge in [-0.15, -0.1) is 0 Å². The predicted octanol–water partition coefficient (Wildman–Crippen LogP) is 2.41. The van der Waals surface area contributed by atoms with E-state index in [-0.39, 0.29) is 12.7 Å². The first-order valence-corrected chi connectivity index (χ1v) is 5.85. The summed E-state index contributed by atoms with van der Waals surface area (Å²) in [5, 5.41) is 17.4. The van der Waals surface area contributed by atoms with E-state index in [4.69, 9.17) is 20.0 Å². The first-order chi connectivity index (χ1) is 9.60. The lowest BCUT2D eigenvalue weighted by Gasteiger charge is -2.14. The highest BCUT2D eigenvalue weighted by atomic mass is 19.2. The van der Waals surface area contributed by atoms with Crippen molar-refractivity contribution >= 4 is 0 Å². The van der Waals surface area contributed by atoms with Crippen molar-refractivity contribution in [1.82, 2.24) is 0 Å². The van der Waals surface area contributed by atoms with Gasteiger partial charge in [0.15, 0.2) is 17.4 Å². The number of nitrogens with zero attached hydrogens (tertiary/aromatic N) is 2. The molecule has 1 atom stereocenters. The van der Waals surface area contributed by atoms with Crippen LogP contribution >= 0.6 is 0 Å². The molecule has 0 bridgehead atoms. The summed E-state index contributed by atoms with van der Waals surface area (Å²) in [6, 6.07) is 2.57. The molecule has 0 spiro atoms. The van der Waals surface area contributed by atoms with Crippen LogP contribution < -0.4 is 4.74 Å². The third kappa shape index (κ3) is 2.40. The molecule has 0 aliphatic carbocycles. The van der Waals surface area contributed by atoms with Crippen LogP contribution in [0.3, 0.4) is 0 Å². The highest BCUT2D eigenvalue weighted by Crippen LogP contribution is 2.31. The van der Waals surface area contributed by atoms with Gasteiger partial charge >= 0.3 is 0 Å². The Bertz CT molecular complexity index is 614. The normalized spacial score (nSPS) is 17.6. The number of hydrogen-bond acceptors (Lipinski definition) is 4. The van der Waals surface area contributed by atoms with Gasteiger partial charge in [-0.25, -0.2) is 8.78 Å². The maximum absolute atomic E-state index is 13.7. The summed E-state index contributed by atoms with van der Waals surface area (Å²) in [5.41, 5.74) is -1.96. The molecule has 0 amide bonds. The first kappa shape index (κ1) is 14.2. The van der Waals surface area contributed by atoms with Crippen LogP contribution in [-0.4, -0.2) is 19.3 Å². The van der Waals surface area contributed by atoms with E-state index in [2.05, 4.69) is 0 Å². The maximum atomic E-state index is 13.7. The summed E-state index contributed by atoms with van der Waals surface area (Å²) < 4.78 is 51.2. The van der Waals surface area contributed by atoms with Crippen molar-refractivity contribution in [1.29, 1.82) is 10.5 Å². The molecule has 4 nitrogen and oxygen atoms in total. The summed E-state index contributed by atoms with van der Waals surface area (Å²) in [6.07, 6.45) is 1.20. The van der Waals surface area contributed by atoms with E-state index < -0.39 is 34.3 Å². The van der Waals surface area contributed by atoms with Crippen molar-refractivity contribution < 1.29 is 22.6 Å². The fraction of sp³-hybridized carbons (Fsp3) is 0.385. The van der Waals surface area contributed by atoms with Gasteiger partial charge in [-0.05, 0) is 12.8 Å². The van der Waals surface area contributed by atoms with Crippen LogP contribution in [0.1, 0.15) is 24.0 Å². The van der Waals surface area contributed by atoms with Crippen LogP contribution in [0.25, 0.3) is 0 Å². The minimum atomic E-state index is -1.66. The Kier molecular flexibility index (Phi) is 4.11. The standard InChI is InChI=1S/C13H9F3N2O2/c14-10-8(4-17)11(15)12(16)13(9(10)5-18)20-6-7-2-1-3-19-7/h7H,1-3,6H2. The molecule has 1 fully saturated rings. The molecule has 0 N–H and O–H groups in total. The number of rotatable bonds is 3. The zero-order chi connectivity index (χ0) is 14.7. The minimum Gasteiger partial charge on any atom is -0.486 e. The Morgan fingerprint density at radius 2 is 1.80 bits per heavy atom. The number of nitriles is 2. The van der Waals surface area contributed by atoms with Crippen molar-refractivity contribution in [3.63, 3.8) is 0 Å². The van der Waals surface area contributed by atoms with Crippen LogP contribution in [-0.2, 0) is 4.74 Å². The van der Waals surface area contributed by atoms with Gasteiger partial charge in [-0.1, -0.05) is 0 Å². The zero-order valence-corrected chi connectivity index (χ0v) is 10.3. The monoisotopic (exact) mass is 282 g/mol. The lowest BCUT2D eigenvalue weighted by molar-refractivity contribution is 0.0660. The molecule has 104 valence electrons. The van der Waals surface area contributed by atoms with E-state index in [1.54, 1.807) is 0 Å². The van der Waals surface area contributed by atoms with E-state index in [1.165, 1.54) is 12.1 Å². The molecule has 2 rings (SSSR count). The van der Waals surface area contributed by atoms with E-state index in [9.17, 15) is 13.2 Å². The minimum absolute atomic E-state index is 0.115. The molecular formula is C13H9F3N2O2.